The van der Waals surface area contributed by atoms with Gasteiger partial charge in [0.2, 0.25) is 5.90 Å². The molecule has 4 aromatic rings. The predicted octanol–water partition coefficient (Wildman–Crippen LogP) is 7.22. The van der Waals surface area contributed by atoms with E-state index in [0.29, 0.717) is 41.2 Å². The van der Waals surface area contributed by atoms with Crippen molar-refractivity contribution in [1.82, 2.24) is 5.32 Å². The van der Waals surface area contributed by atoms with Crippen LogP contribution in [0.25, 0.3) is 10.4 Å². The van der Waals surface area contributed by atoms with Gasteiger partial charge in [0, 0.05) is 42.2 Å². The van der Waals surface area contributed by atoms with Crippen molar-refractivity contribution < 1.29 is 32.5 Å². The number of rotatable bonds is 12. The average molecular weight is 630 g/mol. The highest BCUT2D eigenvalue weighted by atomic mass is 19.4. The molecule has 1 heterocycles. The number of nitrogens with one attached hydrogen (secondary N) is 1. The number of benzene rings is 4. The van der Waals surface area contributed by atoms with E-state index in [0.717, 1.165) is 12.1 Å². The smallest absolute Gasteiger partial charge is 0.416 e. The van der Waals surface area contributed by atoms with E-state index in [9.17, 15) is 23.5 Å². The number of aliphatic imine (C=N–C) groups is 1. The minimum atomic E-state index is -4.54. The van der Waals surface area contributed by atoms with Gasteiger partial charge in [0.15, 0.2) is 11.6 Å². The molecule has 0 aromatic heterocycles. The summed E-state index contributed by atoms with van der Waals surface area (Å²) < 4.78 is 52.3. The lowest BCUT2D eigenvalue weighted by molar-refractivity contribution is -0.137. The van der Waals surface area contributed by atoms with E-state index in [2.05, 4.69) is 15.3 Å². The number of hydrogen-bond acceptors (Lipinski definition) is 6. The van der Waals surface area contributed by atoms with Gasteiger partial charge < -0.3 is 19.9 Å². The van der Waals surface area contributed by atoms with E-state index >= 15 is 0 Å². The lowest BCUT2D eigenvalue weighted by Gasteiger charge is -2.31. The van der Waals surface area contributed by atoms with E-state index in [1.54, 1.807) is 72.8 Å². The van der Waals surface area contributed by atoms with Gasteiger partial charge in [0.1, 0.15) is 5.75 Å². The summed E-state index contributed by atoms with van der Waals surface area (Å²) in [6.45, 7) is 0.141. The largest absolute Gasteiger partial charge is 0.494 e. The molecule has 46 heavy (non-hydrogen) atoms. The second-order valence-corrected chi connectivity index (χ2v) is 10.6. The summed E-state index contributed by atoms with van der Waals surface area (Å²) in [6.07, 6.45) is -5.07. The predicted molar refractivity (Wildman–Crippen MR) is 165 cm³/mol. The quantitative estimate of drug-likeness (QED) is 0.0742. The fraction of sp³-hybridized carbons (Fsp3) is 0.235. The highest BCUT2D eigenvalue weighted by Gasteiger charge is 2.53. The Bertz CT molecular complexity index is 1740. The van der Waals surface area contributed by atoms with Crippen LogP contribution in [0.1, 0.15) is 40.3 Å². The van der Waals surface area contributed by atoms with Crippen LogP contribution in [0.5, 0.6) is 5.75 Å². The zero-order valence-corrected chi connectivity index (χ0v) is 24.5. The zero-order chi connectivity index (χ0) is 32.6. The minimum absolute atomic E-state index is 0.00429. The lowest BCUT2D eigenvalue weighted by Crippen LogP contribution is -2.49. The van der Waals surface area contributed by atoms with Crippen molar-refractivity contribution in [1.29, 1.82) is 0 Å². The van der Waals surface area contributed by atoms with Gasteiger partial charge in [-0.15, -0.1) is 0 Å². The molecule has 0 saturated heterocycles. The van der Waals surface area contributed by atoms with E-state index in [-0.39, 0.29) is 31.0 Å². The molecule has 0 bridgehead atoms. The van der Waals surface area contributed by atoms with Gasteiger partial charge in [-0.25, -0.2) is 4.99 Å². The minimum Gasteiger partial charge on any atom is -0.494 e. The number of aliphatic hydroxyl groups is 1. The van der Waals surface area contributed by atoms with Gasteiger partial charge >= 0.3 is 6.18 Å². The molecule has 2 N–H and O–H groups in total. The van der Waals surface area contributed by atoms with Crippen LogP contribution in [0.2, 0.25) is 0 Å². The monoisotopic (exact) mass is 629 g/mol. The Hall–Kier alpha value is -5.32. The molecule has 5 rings (SSSR count). The van der Waals surface area contributed by atoms with Gasteiger partial charge in [-0.1, -0.05) is 71.8 Å². The fourth-order valence-corrected chi connectivity index (χ4v) is 5.20. The highest BCUT2D eigenvalue weighted by Crippen LogP contribution is 2.44. The molecule has 0 spiro atoms. The van der Waals surface area contributed by atoms with E-state index in [4.69, 9.17) is 19.6 Å². The summed E-state index contributed by atoms with van der Waals surface area (Å²) in [4.78, 5) is 22.2. The molecule has 2 atom stereocenters. The molecule has 0 unspecified atom stereocenters. The van der Waals surface area contributed by atoms with Gasteiger partial charge in [0.25, 0.3) is 5.91 Å². The molecule has 9 nitrogen and oxygen atoms in total. The number of azide groups is 1. The van der Waals surface area contributed by atoms with Crippen molar-refractivity contribution >= 4 is 17.5 Å². The van der Waals surface area contributed by atoms with Crippen molar-refractivity contribution in [2.45, 2.75) is 37.2 Å². The topological polar surface area (TPSA) is 129 Å². The summed E-state index contributed by atoms with van der Waals surface area (Å²) in [6, 6.07) is 27.5. The Balaban J connectivity index is 1.57. The molecule has 12 heteroatoms. The number of aliphatic hydroxyl groups excluding tert-OH is 1. The molecule has 1 aliphatic heterocycles. The average Bonchev–Trinajstić information content (AvgIpc) is 3.45. The van der Waals surface area contributed by atoms with Crippen LogP contribution in [-0.2, 0) is 28.7 Å². The van der Waals surface area contributed by atoms with Crippen LogP contribution < -0.4 is 10.1 Å². The van der Waals surface area contributed by atoms with Crippen LogP contribution >= 0.6 is 0 Å². The third kappa shape index (κ3) is 7.31. The fourth-order valence-electron chi connectivity index (χ4n) is 5.20. The van der Waals surface area contributed by atoms with Crippen LogP contribution in [0.15, 0.2) is 113 Å². The number of ether oxygens (including phenoxy) is 2. The molecule has 236 valence electrons. The SMILES string of the molecule is [N-]=[N+]=Nc1ccccc1C[C@@]1(C(=O)NCc2cccc(C(F)(F)F)c2)N=C(c2ccc(OCCCO)cc2)O[C@@H]1c1ccccc1. The van der Waals surface area contributed by atoms with Crippen LogP contribution in [0.3, 0.4) is 0 Å². The van der Waals surface area contributed by atoms with E-state index < -0.39 is 29.3 Å². The zero-order valence-electron chi connectivity index (χ0n) is 24.5. The molecule has 4 aromatic carbocycles. The number of carbonyl (C=O) groups excluding carboxylic acids is 1. The van der Waals surface area contributed by atoms with Crippen LogP contribution in [0, 0.1) is 0 Å². The molecule has 1 amide bonds. The number of nitrogens with zero attached hydrogens (tertiary/aromatic N) is 4. The maximum absolute atomic E-state index is 14.4. The Labute approximate surface area is 263 Å². The molecule has 0 radical (unpaired) electrons. The molecule has 1 aliphatic rings. The van der Waals surface area contributed by atoms with Gasteiger partial charge in [-0.05, 0) is 58.6 Å². The highest BCUT2D eigenvalue weighted by molar-refractivity contribution is 6.01. The third-order valence-corrected chi connectivity index (χ3v) is 7.44. The first-order chi connectivity index (χ1) is 22.2. The van der Waals surface area contributed by atoms with E-state index in [1.165, 1.54) is 12.1 Å². The molecular formula is C34H30F3N5O4. The Morgan fingerprint density at radius 1 is 1.02 bits per heavy atom. The van der Waals surface area contributed by atoms with Crippen molar-refractivity contribution in [3.63, 3.8) is 0 Å². The van der Waals surface area contributed by atoms with Gasteiger partial charge in [-0.2, -0.15) is 13.2 Å². The molecule has 0 saturated carbocycles. The first-order valence-electron chi connectivity index (χ1n) is 14.5. The first kappa shape index (κ1) is 32.1. The molecule has 0 aliphatic carbocycles. The van der Waals surface area contributed by atoms with Crippen LogP contribution in [-0.4, -0.2) is 35.7 Å². The number of halogens is 3. The summed E-state index contributed by atoms with van der Waals surface area (Å²) in [5, 5.41) is 15.6. The molecule has 0 fully saturated rings. The van der Waals surface area contributed by atoms with Gasteiger partial charge in [0.05, 0.1) is 12.2 Å². The van der Waals surface area contributed by atoms with Crippen molar-refractivity contribution in [3.8, 4) is 5.75 Å². The summed E-state index contributed by atoms with van der Waals surface area (Å²) >= 11 is 0. The third-order valence-electron chi connectivity index (χ3n) is 7.44. The van der Waals surface area contributed by atoms with Crippen molar-refractivity contribution in [2.75, 3.05) is 13.2 Å². The number of alkyl halides is 3. The Morgan fingerprint density at radius 3 is 2.48 bits per heavy atom. The number of carbonyl (C=O) groups is 1. The lowest BCUT2D eigenvalue weighted by atomic mass is 9.81. The summed E-state index contributed by atoms with van der Waals surface area (Å²) in [5.41, 5.74) is 9.00. The second-order valence-electron chi connectivity index (χ2n) is 10.6. The normalized spacial score (nSPS) is 17.4. The van der Waals surface area contributed by atoms with Crippen molar-refractivity contribution in [3.05, 3.63) is 141 Å². The standard InChI is InChI=1S/C34H30F3N5O4/c35-34(36,37)27-12-6-8-23(20-27)22-39-32(44)33(21-26-11-4-5-13-29(26)41-42-38)30(24-9-2-1-3-10-24)46-31(40-33)25-14-16-28(17-15-25)45-19-7-18-43/h1-6,8-17,20,30,43H,7,18-19,21-22H2,(H,39,44)/t30-,33-/m1/s1. The van der Waals surface area contributed by atoms with E-state index in [1.807, 2.05) is 6.07 Å². The summed E-state index contributed by atoms with van der Waals surface area (Å²) in [7, 11) is 0. The molecular weight excluding hydrogens is 599 g/mol. The maximum Gasteiger partial charge on any atom is 0.416 e. The second kappa shape index (κ2) is 14.2. The van der Waals surface area contributed by atoms with Crippen LogP contribution in [0.4, 0.5) is 18.9 Å². The number of hydrogen-bond donors (Lipinski definition) is 2. The Morgan fingerprint density at radius 2 is 1.76 bits per heavy atom. The van der Waals surface area contributed by atoms with Crippen molar-refractivity contribution in [2.24, 2.45) is 10.1 Å². The maximum atomic E-state index is 14.4. The summed E-state index contributed by atoms with van der Waals surface area (Å²) in [5.74, 6) is 0.156. The first-order valence-corrected chi connectivity index (χ1v) is 14.5. The Kier molecular flexibility index (Phi) is 9.90. The number of amides is 1. The van der Waals surface area contributed by atoms with Gasteiger partial charge in [-0.3, -0.25) is 4.79 Å².